The van der Waals surface area contributed by atoms with Gasteiger partial charge in [-0.1, -0.05) is 31.5 Å². The van der Waals surface area contributed by atoms with Gasteiger partial charge in [0.1, 0.15) is 0 Å². The molecule has 1 aromatic rings. The van der Waals surface area contributed by atoms with Crippen molar-refractivity contribution in [1.29, 1.82) is 0 Å². The van der Waals surface area contributed by atoms with Crippen LogP contribution in [0.5, 0.6) is 0 Å². The van der Waals surface area contributed by atoms with Crippen LogP contribution in [0.15, 0.2) is 18.2 Å². The van der Waals surface area contributed by atoms with Crippen LogP contribution in [0.3, 0.4) is 0 Å². The minimum absolute atomic E-state index is 0.204. The first kappa shape index (κ1) is 13.4. The van der Waals surface area contributed by atoms with Gasteiger partial charge >= 0.3 is 0 Å². The standard InChI is InChI=1S/C14H19ClN2O/c1-8(2)13(14(16)18)17-12-6-9-3-4-11(15)5-10(9)7-12/h3-5,8,12-13,17H,6-7H2,1-2H3,(H2,16,18). The number of halogens is 1. The third-order valence-electron chi connectivity index (χ3n) is 3.49. The molecule has 0 fully saturated rings. The van der Waals surface area contributed by atoms with Gasteiger partial charge in [0.2, 0.25) is 5.91 Å². The fraction of sp³-hybridized carbons (Fsp3) is 0.500. The smallest absolute Gasteiger partial charge is 0.234 e. The van der Waals surface area contributed by atoms with Crippen LogP contribution in [0, 0.1) is 5.92 Å². The van der Waals surface area contributed by atoms with Crippen molar-refractivity contribution in [2.24, 2.45) is 11.7 Å². The minimum Gasteiger partial charge on any atom is -0.368 e. The topological polar surface area (TPSA) is 55.1 Å². The fourth-order valence-corrected chi connectivity index (χ4v) is 2.76. The summed E-state index contributed by atoms with van der Waals surface area (Å²) in [7, 11) is 0. The summed E-state index contributed by atoms with van der Waals surface area (Å²) in [6.45, 7) is 4.00. The third kappa shape index (κ3) is 2.85. The first-order chi connectivity index (χ1) is 8.47. The maximum Gasteiger partial charge on any atom is 0.234 e. The van der Waals surface area contributed by atoms with Gasteiger partial charge in [0.25, 0.3) is 0 Å². The van der Waals surface area contributed by atoms with Crippen molar-refractivity contribution in [1.82, 2.24) is 5.32 Å². The largest absolute Gasteiger partial charge is 0.368 e. The molecule has 0 bridgehead atoms. The number of benzene rings is 1. The molecule has 0 radical (unpaired) electrons. The Labute approximate surface area is 113 Å². The molecule has 1 aliphatic carbocycles. The molecule has 0 spiro atoms. The van der Waals surface area contributed by atoms with Crippen LogP contribution >= 0.6 is 11.6 Å². The molecule has 3 N–H and O–H groups in total. The molecule has 2 unspecified atom stereocenters. The summed E-state index contributed by atoms with van der Waals surface area (Å²) in [5.41, 5.74) is 8.00. The molecule has 0 aliphatic heterocycles. The Morgan fingerprint density at radius 1 is 1.39 bits per heavy atom. The van der Waals surface area contributed by atoms with Gasteiger partial charge in [0, 0.05) is 11.1 Å². The first-order valence-corrected chi connectivity index (χ1v) is 6.68. The summed E-state index contributed by atoms with van der Waals surface area (Å²) >= 11 is 5.98. The summed E-state index contributed by atoms with van der Waals surface area (Å²) in [5.74, 6) is -0.0752. The highest BCUT2D eigenvalue weighted by molar-refractivity contribution is 6.30. The predicted octanol–water partition coefficient (Wildman–Crippen LogP) is 1.91. The average molecular weight is 267 g/mol. The summed E-state index contributed by atoms with van der Waals surface area (Å²) in [5, 5.41) is 4.13. The Balaban J connectivity index is 2.05. The van der Waals surface area contributed by atoms with Gasteiger partial charge in [-0.15, -0.1) is 0 Å². The molecular formula is C14H19ClN2O. The monoisotopic (exact) mass is 266 g/mol. The summed E-state index contributed by atoms with van der Waals surface area (Å²) < 4.78 is 0. The molecule has 0 saturated carbocycles. The Kier molecular flexibility index (Phi) is 3.93. The van der Waals surface area contributed by atoms with Crippen molar-refractivity contribution in [3.63, 3.8) is 0 Å². The Hall–Kier alpha value is -1.06. The van der Waals surface area contributed by atoms with Crippen LogP contribution in [-0.4, -0.2) is 18.0 Å². The third-order valence-corrected chi connectivity index (χ3v) is 3.72. The van der Waals surface area contributed by atoms with Crippen LogP contribution < -0.4 is 11.1 Å². The van der Waals surface area contributed by atoms with Gasteiger partial charge in [0.05, 0.1) is 6.04 Å². The van der Waals surface area contributed by atoms with Gasteiger partial charge in [-0.25, -0.2) is 0 Å². The Bertz CT molecular complexity index is 459. The number of carbonyl (C=O) groups excluding carboxylic acids is 1. The molecule has 1 amide bonds. The first-order valence-electron chi connectivity index (χ1n) is 6.30. The van der Waals surface area contributed by atoms with Crippen LogP contribution in [0.4, 0.5) is 0 Å². The fourth-order valence-electron chi connectivity index (χ4n) is 2.56. The van der Waals surface area contributed by atoms with E-state index in [1.54, 1.807) is 0 Å². The zero-order valence-electron chi connectivity index (χ0n) is 10.7. The van der Waals surface area contributed by atoms with Gasteiger partial charge in [-0.3, -0.25) is 4.79 Å². The normalized spacial score (nSPS) is 19.9. The van der Waals surface area contributed by atoms with E-state index in [2.05, 4.69) is 11.4 Å². The van der Waals surface area contributed by atoms with Crippen molar-refractivity contribution in [2.45, 2.75) is 38.8 Å². The predicted molar refractivity (Wildman–Crippen MR) is 73.6 cm³/mol. The molecule has 2 atom stereocenters. The highest BCUT2D eigenvalue weighted by Crippen LogP contribution is 2.25. The summed E-state index contributed by atoms with van der Waals surface area (Å²) in [6.07, 6.45) is 1.84. The zero-order valence-corrected chi connectivity index (χ0v) is 11.5. The highest BCUT2D eigenvalue weighted by Gasteiger charge is 2.27. The number of carbonyl (C=O) groups is 1. The second kappa shape index (κ2) is 5.29. The lowest BCUT2D eigenvalue weighted by molar-refractivity contribution is -0.121. The van der Waals surface area contributed by atoms with E-state index in [0.717, 1.165) is 17.9 Å². The molecule has 1 aromatic carbocycles. The van der Waals surface area contributed by atoms with E-state index in [0.29, 0.717) is 0 Å². The number of nitrogens with two attached hydrogens (primary N) is 1. The number of nitrogens with one attached hydrogen (secondary N) is 1. The molecule has 98 valence electrons. The SMILES string of the molecule is CC(C)C(NC1Cc2ccc(Cl)cc2C1)C(N)=O. The van der Waals surface area contributed by atoms with Gasteiger partial charge in [-0.2, -0.15) is 0 Å². The molecule has 2 rings (SSSR count). The lowest BCUT2D eigenvalue weighted by Gasteiger charge is -2.23. The molecular weight excluding hydrogens is 248 g/mol. The molecule has 0 saturated heterocycles. The molecule has 4 heteroatoms. The van der Waals surface area contributed by atoms with Crippen LogP contribution in [0.1, 0.15) is 25.0 Å². The molecule has 3 nitrogen and oxygen atoms in total. The lowest BCUT2D eigenvalue weighted by atomic mass is 10.0. The summed E-state index contributed by atoms with van der Waals surface area (Å²) in [4.78, 5) is 11.4. The van der Waals surface area contributed by atoms with Crippen LogP contribution in [0.25, 0.3) is 0 Å². The number of fused-ring (bicyclic) bond motifs is 1. The molecule has 0 aromatic heterocycles. The minimum atomic E-state index is -0.279. The Morgan fingerprint density at radius 3 is 2.67 bits per heavy atom. The maximum absolute atomic E-state index is 11.4. The number of hydrogen-bond donors (Lipinski definition) is 2. The van der Waals surface area contributed by atoms with E-state index in [9.17, 15) is 4.79 Å². The van der Waals surface area contributed by atoms with Crippen molar-refractivity contribution in [3.05, 3.63) is 34.3 Å². The second-order valence-electron chi connectivity index (χ2n) is 5.31. The average Bonchev–Trinajstić information content (AvgIpc) is 2.66. The van der Waals surface area contributed by atoms with E-state index in [-0.39, 0.29) is 23.9 Å². The van der Waals surface area contributed by atoms with Gasteiger partial charge in [0.15, 0.2) is 0 Å². The zero-order chi connectivity index (χ0) is 13.3. The summed E-state index contributed by atoms with van der Waals surface area (Å²) in [6, 6.07) is 6.00. The van der Waals surface area contributed by atoms with Crippen molar-refractivity contribution in [3.8, 4) is 0 Å². The van der Waals surface area contributed by atoms with E-state index in [1.807, 2.05) is 26.0 Å². The molecule has 1 aliphatic rings. The molecule has 18 heavy (non-hydrogen) atoms. The quantitative estimate of drug-likeness (QED) is 0.875. The number of primary amides is 1. The molecule has 0 heterocycles. The lowest BCUT2D eigenvalue weighted by Crippen LogP contribution is -2.49. The van der Waals surface area contributed by atoms with E-state index in [1.165, 1.54) is 11.1 Å². The van der Waals surface area contributed by atoms with Crippen LogP contribution in [0.2, 0.25) is 5.02 Å². The van der Waals surface area contributed by atoms with Crippen LogP contribution in [-0.2, 0) is 17.6 Å². The highest BCUT2D eigenvalue weighted by atomic mass is 35.5. The number of rotatable bonds is 4. The van der Waals surface area contributed by atoms with Crippen molar-refractivity contribution >= 4 is 17.5 Å². The van der Waals surface area contributed by atoms with Crippen molar-refractivity contribution < 1.29 is 4.79 Å². The Morgan fingerprint density at radius 2 is 2.06 bits per heavy atom. The van der Waals surface area contributed by atoms with E-state index >= 15 is 0 Å². The second-order valence-corrected chi connectivity index (χ2v) is 5.75. The van der Waals surface area contributed by atoms with Crippen molar-refractivity contribution in [2.75, 3.05) is 0 Å². The van der Waals surface area contributed by atoms with Gasteiger partial charge < -0.3 is 11.1 Å². The maximum atomic E-state index is 11.4. The van der Waals surface area contributed by atoms with E-state index < -0.39 is 0 Å². The number of hydrogen-bond acceptors (Lipinski definition) is 2. The van der Waals surface area contributed by atoms with Gasteiger partial charge in [-0.05, 0) is 42.0 Å². The van der Waals surface area contributed by atoms with E-state index in [4.69, 9.17) is 17.3 Å². The number of amides is 1.